The van der Waals surface area contributed by atoms with Crippen LogP contribution in [-0.2, 0) is 0 Å². The van der Waals surface area contributed by atoms with Crippen molar-refractivity contribution in [1.82, 2.24) is 14.9 Å². The van der Waals surface area contributed by atoms with E-state index in [1.54, 1.807) is 16.3 Å². The van der Waals surface area contributed by atoms with Gasteiger partial charge in [0.15, 0.2) is 0 Å². The summed E-state index contributed by atoms with van der Waals surface area (Å²) in [5.41, 5.74) is 0.720. The SMILES string of the molecule is CCN(CC)C(=O)c1sccc1NC(=O)c1cnccn1. The molecule has 7 heteroatoms. The molecule has 0 aliphatic rings. The van der Waals surface area contributed by atoms with Crippen LogP contribution in [0.3, 0.4) is 0 Å². The molecular weight excluding hydrogens is 288 g/mol. The summed E-state index contributed by atoms with van der Waals surface area (Å²) in [6.07, 6.45) is 4.33. The third kappa shape index (κ3) is 3.43. The minimum Gasteiger partial charge on any atom is -0.338 e. The normalized spacial score (nSPS) is 10.2. The maximum absolute atomic E-state index is 12.4. The van der Waals surface area contributed by atoms with Gasteiger partial charge in [-0.05, 0) is 25.3 Å². The molecule has 2 aromatic heterocycles. The van der Waals surface area contributed by atoms with E-state index in [4.69, 9.17) is 0 Å². The zero-order chi connectivity index (χ0) is 15.2. The van der Waals surface area contributed by atoms with E-state index in [-0.39, 0.29) is 17.5 Å². The van der Waals surface area contributed by atoms with Crippen LogP contribution < -0.4 is 5.32 Å². The van der Waals surface area contributed by atoms with Gasteiger partial charge in [0.2, 0.25) is 0 Å². The zero-order valence-corrected chi connectivity index (χ0v) is 12.7. The Labute approximate surface area is 126 Å². The van der Waals surface area contributed by atoms with Gasteiger partial charge in [-0.15, -0.1) is 11.3 Å². The molecule has 0 aliphatic carbocycles. The minimum atomic E-state index is -0.380. The summed E-state index contributed by atoms with van der Waals surface area (Å²) in [6.45, 7) is 5.11. The van der Waals surface area contributed by atoms with Gasteiger partial charge in [-0.25, -0.2) is 4.98 Å². The Hall–Kier alpha value is -2.28. The number of hydrogen-bond acceptors (Lipinski definition) is 5. The summed E-state index contributed by atoms with van der Waals surface area (Å²) in [4.78, 5) is 34.4. The van der Waals surface area contributed by atoms with E-state index in [9.17, 15) is 9.59 Å². The molecule has 110 valence electrons. The standard InChI is InChI=1S/C14H16N4O2S/c1-3-18(4-2)14(20)12-10(5-8-21-12)17-13(19)11-9-15-6-7-16-11/h5-9H,3-4H2,1-2H3,(H,17,19). The maximum Gasteiger partial charge on any atom is 0.275 e. The van der Waals surface area contributed by atoms with Crippen LogP contribution in [0.15, 0.2) is 30.0 Å². The van der Waals surface area contributed by atoms with E-state index in [1.165, 1.54) is 29.9 Å². The maximum atomic E-state index is 12.4. The third-order valence-corrected chi connectivity index (χ3v) is 3.86. The second-order valence-electron chi connectivity index (χ2n) is 4.19. The Morgan fingerprint density at radius 1 is 1.29 bits per heavy atom. The Bertz CT molecular complexity index is 623. The average Bonchev–Trinajstić information content (AvgIpc) is 2.97. The Kier molecular flexibility index (Phi) is 4.99. The van der Waals surface area contributed by atoms with Crippen LogP contribution in [0.4, 0.5) is 5.69 Å². The minimum absolute atomic E-state index is 0.0792. The molecule has 0 fully saturated rings. The molecule has 2 amide bonds. The molecule has 21 heavy (non-hydrogen) atoms. The molecule has 1 N–H and O–H groups in total. The first-order valence-corrected chi connectivity index (χ1v) is 7.49. The third-order valence-electron chi connectivity index (χ3n) is 2.95. The summed E-state index contributed by atoms with van der Waals surface area (Å²) >= 11 is 1.31. The summed E-state index contributed by atoms with van der Waals surface area (Å²) in [7, 11) is 0. The van der Waals surface area contributed by atoms with E-state index in [2.05, 4.69) is 15.3 Å². The second-order valence-corrected chi connectivity index (χ2v) is 5.10. The molecule has 0 aliphatic heterocycles. The molecule has 0 saturated carbocycles. The molecule has 2 rings (SSSR count). The number of amides is 2. The Morgan fingerprint density at radius 2 is 2.05 bits per heavy atom. The Morgan fingerprint density at radius 3 is 2.67 bits per heavy atom. The largest absolute Gasteiger partial charge is 0.338 e. The van der Waals surface area contributed by atoms with Crippen LogP contribution in [-0.4, -0.2) is 39.8 Å². The molecule has 6 nitrogen and oxygen atoms in total. The number of rotatable bonds is 5. The number of carbonyl (C=O) groups excluding carboxylic acids is 2. The summed E-state index contributed by atoms with van der Waals surface area (Å²) < 4.78 is 0. The second kappa shape index (κ2) is 6.94. The summed E-state index contributed by atoms with van der Waals surface area (Å²) in [5, 5.41) is 4.49. The van der Waals surface area contributed by atoms with Crippen molar-refractivity contribution >= 4 is 28.8 Å². The van der Waals surface area contributed by atoms with E-state index in [0.717, 1.165) is 0 Å². The fourth-order valence-corrected chi connectivity index (χ4v) is 2.65. The monoisotopic (exact) mass is 304 g/mol. The number of anilines is 1. The quantitative estimate of drug-likeness (QED) is 0.919. The van der Waals surface area contributed by atoms with E-state index < -0.39 is 0 Å². The van der Waals surface area contributed by atoms with Gasteiger partial charge in [-0.3, -0.25) is 14.6 Å². The predicted octanol–water partition coefficient (Wildman–Crippen LogP) is 2.27. The van der Waals surface area contributed by atoms with Crippen LogP contribution >= 0.6 is 11.3 Å². The van der Waals surface area contributed by atoms with Crippen LogP contribution in [0.2, 0.25) is 0 Å². The first-order valence-electron chi connectivity index (χ1n) is 6.61. The van der Waals surface area contributed by atoms with Crippen LogP contribution in [0, 0.1) is 0 Å². The lowest BCUT2D eigenvalue weighted by molar-refractivity contribution is 0.0779. The van der Waals surface area contributed by atoms with Crippen LogP contribution in [0.25, 0.3) is 0 Å². The zero-order valence-electron chi connectivity index (χ0n) is 11.9. The summed E-state index contributed by atoms with van der Waals surface area (Å²) in [5.74, 6) is -0.459. The fourth-order valence-electron chi connectivity index (χ4n) is 1.83. The number of nitrogens with zero attached hydrogens (tertiary/aromatic N) is 3. The lowest BCUT2D eigenvalue weighted by Gasteiger charge is -2.18. The molecule has 0 saturated heterocycles. The molecule has 0 radical (unpaired) electrons. The molecule has 0 unspecified atom stereocenters. The number of nitrogens with one attached hydrogen (secondary N) is 1. The topological polar surface area (TPSA) is 75.2 Å². The molecule has 0 atom stereocenters. The predicted molar refractivity (Wildman–Crippen MR) is 81.6 cm³/mol. The number of carbonyl (C=O) groups is 2. The van der Waals surface area contributed by atoms with Crippen molar-refractivity contribution in [3.8, 4) is 0 Å². The van der Waals surface area contributed by atoms with Crippen LogP contribution in [0.5, 0.6) is 0 Å². The van der Waals surface area contributed by atoms with Gasteiger partial charge in [-0.2, -0.15) is 0 Å². The van der Waals surface area contributed by atoms with Crippen molar-refractivity contribution < 1.29 is 9.59 Å². The lowest BCUT2D eigenvalue weighted by Crippen LogP contribution is -2.30. The number of hydrogen-bond donors (Lipinski definition) is 1. The number of aromatic nitrogens is 2. The first-order chi connectivity index (χ1) is 10.2. The van der Waals surface area contributed by atoms with Crippen molar-refractivity contribution in [2.75, 3.05) is 18.4 Å². The highest BCUT2D eigenvalue weighted by atomic mass is 32.1. The van der Waals surface area contributed by atoms with E-state index in [1.807, 2.05) is 13.8 Å². The average molecular weight is 304 g/mol. The molecular formula is C14H16N4O2S. The van der Waals surface area contributed by atoms with Gasteiger partial charge in [0.05, 0.1) is 11.9 Å². The van der Waals surface area contributed by atoms with Gasteiger partial charge in [0, 0.05) is 25.5 Å². The highest BCUT2D eigenvalue weighted by molar-refractivity contribution is 7.12. The van der Waals surface area contributed by atoms with Crippen molar-refractivity contribution in [1.29, 1.82) is 0 Å². The molecule has 2 aromatic rings. The van der Waals surface area contributed by atoms with Gasteiger partial charge in [0.25, 0.3) is 11.8 Å². The highest BCUT2D eigenvalue weighted by Gasteiger charge is 2.20. The molecule has 0 spiro atoms. The van der Waals surface area contributed by atoms with Crippen molar-refractivity contribution in [3.63, 3.8) is 0 Å². The molecule has 0 bridgehead atoms. The van der Waals surface area contributed by atoms with Gasteiger partial charge in [-0.1, -0.05) is 0 Å². The van der Waals surface area contributed by atoms with Crippen molar-refractivity contribution in [2.45, 2.75) is 13.8 Å². The van der Waals surface area contributed by atoms with Crippen molar-refractivity contribution in [2.24, 2.45) is 0 Å². The lowest BCUT2D eigenvalue weighted by atomic mass is 10.3. The first kappa shape index (κ1) is 15.1. The molecule has 0 aromatic carbocycles. The molecule has 2 heterocycles. The van der Waals surface area contributed by atoms with E-state index in [0.29, 0.717) is 23.7 Å². The summed E-state index contributed by atoms with van der Waals surface area (Å²) in [6, 6.07) is 1.72. The van der Waals surface area contributed by atoms with E-state index >= 15 is 0 Å². The van der Waals surface area contributed by atoms with Crippen molar-refractivity contribution in [3.05, 3.63) is 40.6 Å². The van der Waals surface area contributed by atoms with Gasteiger partial charge >= 0.3 is 0 Å². The number of thiophene rings is 1. The smallest absolute Gasteiger partial charge is 0.275 e. The Balaban J connectivity index is 2.18. The highest BCUT2D eigenvalue weighted by Crippen LogP contribution is 2.24. The van der Waals surface area contributed by atoms with Gasteiger partial charge in [0.1, 0.15) is 10.6 Å². The fraction of sp³-hybridized carbons (Fsp3) is 0.286. The van der Waals surface area contributed by atoms with Crippen LogP contribution in [0.1, 0.15) is 34.0 Å². The van der Waals surface area contributed by atoms with Gasteiger partial charge < -0.3 is 10.2 Å².